The number of nitrogens with zero attached hydrogens (tertiary/aromatic N) is 3. The molecule has 1 aromatic heterocycles. The van der Waals surface area contributed by atoms with Crippen LogP contribution in [0.2, 0.25) is 0 Å². The molecule has 0 bridgehead atoms. The molecule has 1 saturated heterocycles. The summed E-state index contributed by atoms with van der Waals surface area (Å²) in [6, 6.07) is 7.50. The molecule has 2 amide bonds. The zero-order valence-corrected chi connectivity index (χ0v) is 12.6. The molecule has 1 fully saturated rings. The van der Waals surface area contributed by atoms with Crippen LogP contribution in [0.1, 0.15) is 19.3 Å². The molecule has 0 radical (unpaired) electrons. The largest absolute Gasteiger partial charge is 0.372 e. The minimum absolute atomic E-state index is 0.130. The fourth-order valence-corrected chi connectivity index (χ4v) is 2.53. The molecule has 1 aliphatic heterocycles. The summed E-state index contributed by atoms with van der Waals surface area (Å²) in [5, 5.41) is 10.9. The van der Waals surface area contributed by atoms with Gasteiger partial charge in [-0.1, -0.05) is 0 Å². The van der Waals surface area contributed by atoms with E-state index in [0.29, 0.717) is 5.69 Å². The zero-order valence-electron chi connectivity index (χ0n) is 12.6. The number of hydrogen-bond donors (Lipinski definition) is 3. The number of carbonyl (C=O) groups is 2. The van der Waals surface area contributed by atoms with Crippen molar-refractivity contribution in [2.45, 2.75) is 19.3 Å². The molecule has 3 N–H and O–H groups in total. The van der Waals surface area contributed by atoms with Crippen LogP contribution in [0.15, 0.2) is 30.6 Å². The van der Waals surface area contributed by atoms with Crippen molar-refractivity contribution in [3.8, 4) is 0 Å². The third-order valence-corrected chi connectivity index (χ3v) is 3.70. The second-order valence-electron chi connectivity index (χ2n) is 5.34. The number of benzene rings is 1. The average Bonchev–Trinajstić information content (AvgIpc) is 3.09. The minimum atomic E-state index is -0.804. The van der Waals surface area contributed by atoms with E-state index in [1.54, 1.807) is 12.1 Å². The molecule has 0 atom stereocenters. The second-order valence-corrected chi connectivity index (χ2v) is 5.34. The Bertz CT molecular complexity index is 662. The molecule has 3 rings (SSSR count). The maximum atomic E-state index is 11.8. The van der Waals surface area contributed by atoms with E-state index in [4.69, 9.17) is 0 Å². The van der Waals surface area contributed by atoms with Crippen LogP contribution in [-0.2, 0) is 9.59 Å². The van der Waals surface area contributed by atoms with E-state index in [0.717, 1.165) is 18.8 Å². The molecule has 8 nitrogen and oxygen atoms in total. The first kappa shape index (κ1) is 15.0. The number of piperidine rings is 1. The summed E-state index contributed by atoms with van der Waals surface area (Å²) in [6.07, 6.45) is 4.94. The van der Waals surface area contributed by atoms with Gasteiger partial charge in [0.05, 0.1) is 0 Å². The molecule has 0 aliphatic carbocycles. The molecule has 1 aliphatic rings. The van der Waals surface area contributed by atoms with Crippen LogP contribution in [0.3, 0.4) is 0 Å². The Morgan fingerprint density at radius 1 is 1.00 bits per heavy atom. The van der Waals surface area contributed by atoms with E-state index in [1.165, 1.54) is 25.6 Å². The van der Waals surface area contributed by atoms with Crippen LogP contribution in [0, 0.1) is 0 Å². The maximum absolute atomic E-state index is 11.8. The third-order valence-electron chi connectivity index (χ3n) is 3.70. The van der Waals surface area contributed by atoms with Crippen LogP contribution in [0.5, 0.6) is 0 Å². The summed E-state index contributed by atoms with van der Waals surface area (Å²) in [5.74, 6) is -1.43. The van der Waals surface area contributed by atoms with Crippen LogP contribution >= 0.6 is 0 Å². The predicted molar refractivity (Wildman–Crippen MR) is 86.1 cm³/mol. The van der Waals surface area contributed by atoms with Gasteiger partial charge in [0, 0.05) is 24.5 Å². The van der Waals surface area contributed by atoms with Crippen LogP contribution in [-0.4, -0.2) is 40.1 Å². The van der Waals surface area contributed by atoms with E-state index < -0.39 is 11.8 Å². The van der Waals surface area contributed by atoms with Gasteiger partial charge in [-0.2, -0.15) is 10.1 Å². The van der Waals surface area contributed by atoms with Gasteiger partial charge in [-0.25, -0.2) is 5.10 Å². The zero-order chi connectivity index (χ0) is 16.1. The van der Waals surface area contributed by atoms with E-state index >= 15 is 0 Å². The topological polar surface area (TPSA) is 103 Å². The van der Waals surface area contributed by atoms with Gasteiger partial charge in [-0.15, -0.1) is 0 Å². The Kier molecular flexibility index (Phi) is 4.51. The van der Waals surface area contributed by atoms with E-state index in [9.17, 15) is 9.59 Å². The first-order chi connectivity index (χ1) is 11.2. The Morgan fingerprint density at radius 3 is 2.35 bits per heavy atom. The Hall–Kier alpha value is -2.90. The lowest BCUT2D eigenvalue weighted by atomic mass is 10.1. The van der Waals surface area contributed by atoms with Crippen LogP contribution in [0.4, 0.5) is 17.3 Å². The van der Waals surface area contributed by atoms with Crippen molar-refractivity contribution >= 4 is 29.1 Å². The third kappa shape index (κ3) is 3.85. The lowest BCUT2D eigenvalue weighted by Gasteiger charge is -2.28. The highest BCUT2D eigenvalue weighted by Gasteiger charge is 2.16. The Labute approximate surface area is 133 Å². The monoisotopic (exact) mass is 314 g/mol. The van der Waals surface area contributed by atoms with Crippen molar-refractivity contribution in [3.05, 3.63) is 30.6 Å². The molecule has 0 unspecified atom stereocenters. The molecule has 1 aromatic carbocycles. The molecule has 2 aromatic rings. The quantitative estimate of drug-likeness (QED) is 0.743. The first-order valence-electron chi connectivity index (χ1n) is 7.55. The van der Waals surface area contributed by atoms with Gasteiger partial charge in [-0.3, -0.25) is 14.9 Å². The van der Waals surface area contributed by atoms with Gasteiger partial charge in [0.15, 0.2) is 0 Å². The molecule has 2 heterocycles. The number of hydrogen-bond acceptors (Lipinski definition) is 5. The normalized spacial score (nSPS) is 14.3. The number of anilines is 3. The molecular weight excluding hydrogens is 296 g/mol. The van der Waals surface area contributed by atoms with Crippen molar-refractivity contribution in [2.24, 2.45) is 0 Å². The molecule has 0 spiro atoms. The average molecular weight is 314 g/mol. The number of aromatic amines is 1. The van der Waals surface area contributed by atoms with Gasteiger partial charge in [0.1, 0.15) is 6.33 Å². The second kappa shape index (κ2) is 6.91. The number of H-pyrrole nitrogens is 1. The Balaban J connectivity index is 1.57. The molecule has 120 valence electrons. The fraction of sp³-hybridized carbons (Fsp3) is 0.333. The van der Waals surface area contributed by atoms with Gasteiger partial charge >= 0.3 is 11.8 Å². The minimum Gasteiger partial charge on any atom is -0.372 e. The van der Waals surface area contributed by atoms with E-state index in [2.05, 4.69) is 30.7 Å². The van der Waals surface area contributed by atoms with Crippen LogP contribution < -0.4 is 15.5 Å². The van der Waals surface area contributed by atoms with Gasteiger partial charge in [-0.05, 0) is 43.5 Å². The van der Waals surface area contributed by atoms with Crippen molar-refractivity contribution in [1.82, 2.24) is 15.2 Å². The van der Waals surface area contributed by atoms with Crippen molar-refractivity contribution in [2.75, 3.05) is 28.6 Å². The molecular formula is C15H18N6O2. The number of carbonyl (C=O) groups excluding carboxylic acids is 2. The molecule has 23 heavy (non-hydrogen) atoms. The van der Waals surface area contributed by atoms with Gasteiger partial charge < -0.3 is 10.2 Å². The predicted octanol–water partition coefficient (Wildman–Crippen LogP) is 1.37. The van der Waals surface area contributed by atoms with Crippen molar-refractivity contribution < 1.29 is 9.59 Å². The highest BCUT2D eigenvalue weighted by Crippen LogP contribution is 2.21. The summed E-state index contributed by atoms with van der Waals surface area (Å²) in [4.78, 5) is 29.6. The molecule has 8 heteroatoms. The maximum Gasteiger partial charge on any atom is 0.316 e. The number of amides is 2. The van der Waals surface area contributed by atoms with Gasteiger partial charge in [0.25, 0.3) is 0 Å². The fourth-order valence-electron chi connectivity index (χ4n) is 2.53. The number of rotatable bonds is 3. The van der Waals surface area contributed by atoms with Gasteiger partial charge in [0.2, 0.25) is 5.95 Å². The smallest absolute Gasteiger partial charge is 0.316 e. The summed E-state index contributed by atoms with van der Waals surface area (Å²) < 4.78 is 0. The lowest BCUT2D eigenvalue weighted by Crippen LogP contribution is -2.30. The summed E-state index contributed by atoms with van der Waals surface area (Å²) in [6.45, 7) is 2.12. The van der Waals surface area contributed by atoms with Crippen LogP contribution in [0.25, 0.3) is 0 Å². The summed E-state index contributed by atoms with van der Waals surface area (Å²) in [7, 11) is 0. The first-order valence-corrected chi connectivity index (χ1v) is 7.55. The summed E-state index contributed by atoms with van der Waals surface area (Å²) in [5.41, 5.74) is 1.71. The highest BCUT2D eigenvalue weighted by molar-refractivity contribution is 6.43. The highest BCUT2D eigenvalue weighted by atomic mass is 16.2. The van der Waals surface area contributed by atoms with Crippen molar-refractivity contribution in [3.63, 3.8) is 0 Å². The van der Waals surface area contributed by atoms with E-state index in [1.807, 2.05) is 12.1 Å². The lowest BCUT2D eigenvalue weighted by molar-refractivity contribution is -0.133. The van der Waals surface area contributed by atoms with E-state index in [-0.39, 0.29) is 5.95 Å². The standard InChI is InChI=1S/C15H18N6O2/c22-13(14(23)19-15-16-10-17-20-15)18-11-4-6-12(7-5-11)21-8-2-1-3-9-21/h4-7,10H,1-3,8-9H2,(H,18,22)(H2,16,17,19,20,23). The number of aromatic nitrogens is 3. The molecule has 0 saturated carbocycles. The van der Waals surface area contributed by atoms with Crippen molar-refractivity contribution in [1.29, 1.82) is 0 Å². The Morgan fingerprint density at radius 2 is 1.70 bits per heavy atom. The summed E-state index contributed by atoms with van der Waals surface area (Å²) >= 11 is 0. The number of nitrogens with one attached hydrogen (secondary N) is 3. The SMILES string of the molecule is O=C(Nc1ccc(N2CCCCC2)cc1)C(=O)Nc1ncn[nH]1.